The molecule has 4 rings (SSSR count). The number of hydrogen-bond acceptors (Lipinski definition) is 5. The van der Waals surface area contributed by atoms with Gasteiger partial charge in [-0.1, -0.05) is 15.9 Å². The SMILES string of the molecule is CN1C(N)=N[C@]23CCCN2C(=O)C2CC(Br)=C(Br)N2[C@H]13. The number of fused-ring (bicyclic) bond motifs is 2. The molecule has 0 saturated carbocycles. The Labute approximate surface area is 133 Å². The van der Waals surface area contributed by atoms with Crippen molar-refractivity contribution in [2.75, 3.05) is 13.6 Å². The Kier molecular flexibility index (Phi) is 2.53. The summed E-state index contributed by atoms with van der Waals surface area (Å²) >= 11 is 7.18. The zero-order valence-corrected chi connectivity index (χ0v) is 14.2. The molecule has 1 unspecified atom stereocenters. The van der Waals surface area contributed by atoms with E-state index in [1.807, 2.05) is 16.8 Å². The van der Waals surface area contributed by atoms with Crippen LogP contribution in [0.2, 0.25) is 0 Å². The van der Waals surface area contributed by atoms with Gasteiger partial charge in [-0.05, 0) is 28.8 Å². The maximum Gasteiger partial charge on any atom is 0.247 e. The lowest BCUT2D eigenvalue weighted by Gasteiger charge is -2.51. The number of aliphatic imine (C=N–C) groups is 1. The first kappa shape index (κ1) is 12.9. The summed E-state index contributed by atoms with van der Waals surface area (Å²) in [6, 6.07) is -0.154. The highest BCUT2D eigenvalue weighted by atomic mass is 79.9. The molecular weight excluding hydrogens is 390 g/mol. The molecule has 1 amide bonds. The van der Waals surface area contributed by atoms with Gasteiger partial charge in [0.2, 0.25) is 5.91 Å². The largest absolute Gasteiger partial charge is 0.370 e. The summed E-state index contributed by atoms with van der Waals surface area (Å²) in [5.74, 6) is 0.677. The van der Waals surface area contributed by atoms with Crippen LogP contribution in [0.15, 0.2) is 14.1 Å². The molecule has 0 radical (unpaired) electrons. The molecule has 2 fully saturated rings. The van der Waals surface area contributed by atoms with Crippen LogP contribution in [0.1, 0.15) is 19.3 Å². The first-order valence-electron chi connectivity index (χ1n) is 6.69. The van der Waals surface area contributed by atoms with E-state index in [1.165, 1.54) is 0 Å². The predicted octanol–water partition coefficient (Wildman–Crippen LogP) is 0.938. The van der Waals surface area contributed by atoms with Crippen molar-refractivity contribution in [3.8, 4) is 0 Å². The number of carbonyl (C=O) groups is 1. The maximum absolute atomic E-state index is 12.8. The molecule has 108 valence electrons. The maximum atomic E-state index is 12.8. The number of nitrogens with two attached hydrogens (primary N) is 1. The van der Waals surface area contributed by atoms with Gasteiger partial charge in [0, 0.05) is 24.5 Å². The van der Waals surface area contributed by atoms with Gasteiger partial charge in [0.15, 0.2) is 11.6 Å². The van der Waals surface area contributed by atoms with Crippen molar-refractivity contribution in [1.29, 1.82) is 0 Å². The van der Waals surface area contributed by atoms with E-state index < -0.39 is 5.66 Å². The van der Waals surface area contributed by atoms with E-state index in [1.54, 1.807) is 0 Å². The van der Waals surface area contributed by atoms with Crippen LogP contribution in [0.3, 0.4) is 0 Å². The van der Waals surface area contributed by atoms with Gasteiger partial charge in [0.1, 0.15) is 12.2 Å². The molecule has 8 heteroatoms. The molecule has 0 aliphatic carbocycles. The second-order valence-electron chi connectivity index (χ2n) is 5.75. The Morgan fingerprint density at radius 1 is 1.45 bits per heavy atom. The molecular formula is C12H15Br2N5O. The third kappa shape index (κ3) is 1.30. The van der Waals surface area contributed by atoms with Crippen molar-refractivity contribution in [2.24, 2.45) is 10.7 Å². The van der Waals surface area contributed by atoms with Gasteiger partial charge in [0.05, 0.1) is 4.61 Å². The summed E-state index contributed by atoms with van der Waals surface area (Å²) in [5.41, 5.74) is 5.55. The van der Waals surface area contributed by atoms with Gasteiger partial charge in [0.25, 0.3) is 0 Å². The van der Waals surface area contributed by atoms with E-state index >= 15 is 0 Å². The van der Waals surface area contributed by atoms with Crippen molar-refractivity contribution < 1.29 is 4.79 Å². The molecule has 0 bridgehead atoms. The Morgan fingerprint density at radius 3 is 2.95 bits per heavy atom. The Hall–Kier alpha value is -0.760. The van der Waals surface area contributed by atoms with Crippen LogP contribution in [0.25, 0.3) is 0 Å². The molecule has 0 aromatic rings. The highest BCUT2D eigenvalue weighted by Gasteiger charge is 2.64. The number of nitrogens with zero attached hydrogens (tertiary/aromatic N) is 4. The quantitative estimate of drug-likeness (QED) is 0.610. The zero-order valence-electron chi connectivity index (χ0n) is 11.0. The molecule has 3 atom stereocenters. The summed E-state index contributed by atoms with van der Waals surface area (Å²) in [7, 11) is 1.95. The van der Waals surface area contributed by atoms with Crippen molar-refractivity contribution in [3.63, 3.8) is 0 Å². The molecule has 0 aromatic heterocycles. The van der Waals surface area contributed by atoms with Gasteiger partial charge in [-0.2, -0.15) is 0 Å². The predicted molar refractivity (Wildman–Crippen MR) is 82.0 cm³/mol. The number of amides is 1. The normalized spacial score (nSPS) is 39.2. The zero-order chi connectivity index (χ0) is 14.2. The number of hydrogen-bond donors (Lipinski definition) is 1. The van der Waals surface area contributed by atoms with Crippen LogP contribution >= 0.6 is 31.9 Å². The summed E-state index contributed by atoms with van der Waals surface area (Å²) in [6.07, 6.45) is 2.54. The molecule has 4 aliphatic rings. The highest BCUT2D eigenvalue weighted by molar-refractivity contribution is 9.14. The van der Waals surface area contributed by atoms with E-state index in [0.29, 0.717) is 12.4 Å². The average Bonchev–Trinajstić information content (AvgIpc) is 3.01. The van der Waals surface area contributed by atoms with E-state index in [0.717, 1.165) is 28.5 Å². The molecule has 0 aromatic carbocycles. The number of likely N-dealkylation sites (N-methyl/N-ethyl adjacent to an activating group) is 1. The lowest BCUT2D eigenvalue weighted by molar-refractivity contribution is -0.155. The average molecular weight is 405 g/mol. The number of carbonyl (C=O) groups excluding carboxylic acids is 1. The fourth-order valence-electron chi connectivity index (χ4n) is 3.98. The molecule has 2 saturated heterocycles. The second-order valence-corrected chi connectivity index (χ2v) is 7.46. The molecule has 2 N–H and O–H groups in total. The third-order valence-electron chi connectivity index (χ3n) is 4.82. The Morgan fingerprint density at radius 2 is 2.20 bits per heavy atom. The van der Waals surface area contributed by atoms with Crippen molar-refractivity contribution in [2.45, 2.75) is 37.1 Å². The van der Waals surface area contributed by atoms with Crippen molar-refractivity contribution in [1.82, 2.24) is 14.7 Å². The van der Waals surface area contributed by atoms with Crippen molar-refractivity contribution >= 4 is 43.7 Å². The van der Waals surface area contributed by atoms with Gasteiger partial charge >= 0.3 is 0 Å². The van der Waals surface area contributed by atoms with Crippen LogP contribution in [-0.2, 0) is 4.79 Å². The lowest BCUT2D eigenvalue weighted by Crippen LogP contribution is -2.70. The first-order valence-corrected chi connectivity index (χ1v) is 8.28. The summed E-state index contributed by atoms with van der Waals surface area (Å²) in [5, 5.41) is 0. The third-order valence-corrected chi connectivity index (χ3v) is 6.94. The van der Waals surface area contributed by atoms with Crippen molar-refractivity contribution in [3.05, 3.63) is 9.09 Å². The van der Waals surface area contributed by atoms with Crippen LogP contribution < -0.4 is 5.73 Å². The molecule has 4 heterocycles. The first-order chi connectivity index (χ1) is 9.47. The number of guanidine groups is 1. The monoisotopic (exact) mass is 403 g/mol. The minimum Gasteiger partial charge on any atom is -0.370 e. The Bertz CT molecular complexity index is 576. The lowest BCUT2D eigenvalue weighted by atomic mass is 9.97. The van der Waals surface area contributed by atoms with Crippen LogP contribution in [0.5, 0.6) is 0 Å². The topological polar surface area (TPSA) is 65.2 Å². The molecule has 1 spiro atoms. The standard InChI is InChI=1S/C12H15Br2N5O/c1-17-10-12(16-11(17)15)3-2-4-18(12)9(20)7-5-6(13)8(14)19(7)10/h7,10H,2-5H2,1H3,(H2,15,16)/t7?,10-,12+/m0/s1. The van der Waals surface area contributed by atoms with E-state index in [-0.39, 0.29) is 18.1 Å². The highest BCUT2D eigenvalue weighted by Crippen LogP contribution is 2.51. The van der Waals surface area contributed by atoms with Gasteiger partial charge in [-0.3, -0.25) is 4.79 Å². The van der Waals surface area contributed by atoms with Gasteiger partial charge in [-0.25, -0.2) is 4.99 Å². The molecule has 6 nitrogen and oxygen atoms in total. The van der Waals surface area contributed by atoms with Crippen LogP contribution in [0.4, 0.5) is 0 Å². The summed E-state index contributed by atoms with van der Waals surface area (Å²) in [4.78, 5) is 23.6. The van der Waals surface area contributed by atoms with E-state index in [9.17, 15) is 4.79 Å². The van der Waals surface area contributed by atoms with Crippen LogP contribution in [0, 0.1) is 0 Å². The minimum absolute atomic E-state index is 0.0166. The summed E-state index contributed by atoms with van der Waals surface area (Å²) in [6.45, 7) is 0.777. The second kappa shape index (κ2) is 3.91. The number of piperazine rings is 1. The fraction of sp³-hybridized carbons (Fsp3) is 0.667. The Balaban J connectivity index is 1.89. The fourth-order valence-corrected chi connectivity index (χ4v) is 5.10. The number of halogens is 2. The molecule has 20 heavy (non-hydrogen) atoms. The number of rotatable bonds is 0. The van der Waals surface area contributed by atoms with E-state index in [4.69, 9.17) is 5.73 Å². The van der Waals surface area contributed by atoms with Gasteiger partial charge in [-0.15, -0.1) is 0 Å². The van der Waals surface area contributed by atoms with E-state index in [2.05, 4.69) is 41.8 Å². The van der Waals surface area contributed by atoms with Gasteiger partial charge < -0.3 is 20.4 Å². The minimum atomic E-state index is -0.511. The van der Waals surface area contributed by atoms with Crippen LogP contribution in [-0.4, -0.2) is 58.0 Å². The smallest absolute Gasteiger partial charge is 0.247 e. The molecule has 4 aliphatic heterocycles. The summed E-state index contributed by atoms with van der Waals surface area (Å²) < 4.78 is 1.98.